The van der Waals surface area contributed by atoms with Gasteiger partial charge in [-0.1, -0.05) is 6.07 Å². The van der Waals surface area contributed by atoms with Gasteiger partial charge in [-0.25, -0.2) is 0 Å². The van der Waals surface area contributed by atoms with E-state index in [4.69, 9.17) is 4.74 Å². The molecule has 0 aliphatic carbocycles. The summed E-state index contributed by atoms with van der Waals surface area (Å²) >= 11 is 1.47. The number of amides is 1. The van der Waals surface area contributed by atoms with Crippen molar-refractivity contribution in [1.29, 1.82) is 0 Å². The molecule has 2 unspecified atom stereocenters. The molecule has 0 spiro atoms. The van der Waals surface area contributed by atoms with Crippen molar-refractivity contribution in [1.82, 2.24) is 5.32 Å². The fourth-order valence-corrected chi connectivity index (χ4v) is 2.19. The second-order valence-electron chi connectivity index (χ2n) is 4.07. The van der Waals surface area contributed by atoms with Gasteiger partial charge in [-0.15, -0.1) is 11.3 Å². The van der Waals surface area contributed by atoms with Gasteiger partial charge in [-0.05, 0) is 32.2 Å². The van der Waals surface area contributed by atoms with Crippen LogP contribution in [0.4, 0.5) is 0 Å². The third kappa shape index (κ3) is 4.11. The Morgan fingerprint density at radius 2 is 2.41 bits per heavy atom. The quantitative estimate of drug-likeness (QED) is 0.812. The Labute approximate surface area is 106 Å². The average molecular weight is 257 g/mol. The van der Waals surface area contributed by atoms with E-state index in [9.17, 15) is 9.90 Å². The zero-order chi connectivity index (χ0) is 12.9. The Bertz CT molecular complexity index is 349. The lowest BCUT2D eigenvalue weighted by atomic mass is 10.1. The van der Waals surface area contributed by atoms with Crippen LogP contribution in [-0.2, 0) is 15.1 Å². The first-order valence-electron chi connectivity index (χ1n) is 5.63. The first-order chi connectivity index (χ1) is 7.97. The van der Waals surface area contributed by atoms with Crippen LogP contribution in [0.2, 0.25) is 0 Å². The zero-order valence-corrected chi connectivity index (χ0v) is 11.2. The van der Waals surface area contributed by atoms with E-state index in [1.807, 2.05) is 24.4 Å². The average Bonchev–Trinajstić information content (AvgIpc) is 2.80. The molecule has 2 atom stereocenters. The Kier molecular flexibility index (Phi) is 5.11. The van der Waals surface area contributed by atoms with Gasteiger partial charge in [0.15, 0.2) is 0 Å². The van der Waals surface area contributed by atoms with Crippen LogP contribution in [0.25, 0.3) is 0 Å². The van der Waals surface area contributed by atoms with Crippen LogP contribution in [0.3, 0.4) is 0 Å². The SMILES string of the molecule is CCOC(C)C(=O)NCC(C)(O)c1cccs1. The van der Waals surface area contributed by atoms with Crippen LogP contribution in [0.15, 0.2) is 17.5 Å². The lowest BCUT2D eigenvalue weighted by Crippen LogP contribution is -2.42. The van der Waals surface area contributed by atoms with E-state index in [0.717, 1.165) is 4.88 Å². The van der Waals surface area contributed by atoms with Gasteiger partial charge in [0.25, 0.3) is 0 Å². The first kappa shape index (κ1) is 14.2. The van der Waals surface area contributed by atoms with E-state index in [-0.39, 0.29) is 12.5 Å². The maximum absolute atomic E-state index is 11.6. The maximum atomic E-state index is 11.6. The molecule has 0 radical (unpaired) electrons. The Morgan fingerprint density at radius 1 is 1.71 bits per heavy atom. The molecule has 0 fully saturated rings. The molecule has 0 aliphatic rings. The summed E-state index contributed by atoms with van der Waals surface area (Å²) in [4.78, 5) is 12.4. The van der Waals surface area contributed by atoms with Gasteiger partial charge < -0.3 is 15.2 Å². The Balaban J connectivity index is 2.47. The molecule has 1 aromatic heterocycles. The van der Waals surface area contributed by atoms with Gasteiger partial charge in [0.1, 0.15) is 11.7 Å². The van der Waals surface area contributed by atoms with E-state index >= 15 is 0 Å². The van der Waals surface area contributed by atoms with Crippen molar-refractivity contribution in [3.05, 3.63) is 22.4 Å². The van der Waals surface area contributed by atoms with Crippen LogP contribution in [0.1, 0.15) is 25.6 Å². The van der Waals surface area contributed by atoms with E-state index in [1.54, 1.807) is 13.8 Å². The predicted molar refractivity (Wildman–Crippen MR) is 68.0 cm³/mol. The summed E-state index contributed by atoms with van der Waals surface area (Å²) in [5.74, 6) is -0.205. The summed E-state index contributed by atoms with van der Waals surface area (Å²) < 4.78 is 5.17. The number of hydrogen-bond donors (Lipinski definition) is 2. The molecule has 96 valence electrons. The lowest BCUT2D eigenvalue weighted by molar-refractivity contribution is -0.132. The summed E-state index contributed by atoms with van der Waals surface area (Å²) in [6.07, 6.45) is -0.487. The van der Waals surface area contributed by atoms with Gasteiger partial charge in [0, 0.05) is 11.5 Å². The van der Waals surface area contributed by atoms with Crippen molar-refractivity contribution in [3.63, 3.8) is 0 Å². The molecule has 1 heterocycles. The number of carbonyl (C=O) groups excluding carboxylic acids is 1. The number of rotatable bonds is 6. The van der Waals surface area contributed by atoms with E-state index in [2.05, 4.69) is 5.32 Å². The molecule has 0 saturated heterocycles. The van der Waals surface area contributed by atoms with Crippen molar-refractivity contribution >= 4 is 17.2 Å². The third-order valence-corrected chi connectivity index (χ3v) is 3.57. The monoisotopic (exact) mass is 257 g/mol. The maximum Gasteiger partial charge on any atom is 0.248 e. The van der Waals surface area contributed by atoms with E-state index in [0.29, 0.717) is 6.61 Å². The van der Waals surface area contributed by atoms with Gasteiger partial charge in [0.2, 0.25) is 5.91 Å². The largest absolute Gasteiger partial charge is 0.383 e. The molecule has 0 aromatic carbocycles. The number of hydrogen-bond acceptors (Lipinski definition) is 4. The molecule has 1 rings (SSSR count). The van der Waals surface area contributed by atoms with Gasteiger partial charge in [0.05, 0.1) is 6.54 Å². The smallest absolute Gasteiger partial charge is 0.248 e. The standard InChI is InChI=1S/C12H19NO3S/c1-4-16-9(2)11(14)13-8-12(3,15)10-6-5-7-17-10/h5-7,9,15H,4,8H2,1-3H3,(H,13,14). The highest BCUT2D eigenvalue weighted by Gasteiger charge is 2.25. The number of ether oxygens (including phenoxy) is 1. The molecule has 0 bridgehead atoms. The topological polar surface area (TPSA) is 58.6 Å². The molecule has 2 N–H and O–H groups in total. The molecule has 4 nitrogen and oxygen atoms in total. The zero-order valence-electron chi connectivity index (χ0n) is 10.4. The van der Waals surface area contributed by atoms with Crippen LogP contribution in [0, 0.1) is 0 Å². The number of thiophene rings is 1. The van der Waals surface area contributed by atoms with Gasteiger partial charge in [-0.3, -0.25) is 4.79 Å². The van der Waals surface area contributed by atoms with Crippen LogP contribution < -0.4 is 5.32 Å². The second kappa shape index (κ2) is 6.14. The van der Waals surface area contributed by atoms with Crippen molar-refractivity contribution in [2.75, 3.05) is 13.2 Å². The third-order valence-electron chi connectivity index (χ3n) is 2.44. The highest BCUT2D eigenvalue weighted by atomic mass is 32.1. The minimum atomic E-state index is -1.03. The lowest BCUT2D eigenvalue weighted by Gasteiger charge is -2.23. The van der Waals surface area contributed by atoms with E-state index < -0.39 is 11.7 Å². The van der Waals surface area contributed by atoms with Gasteiger partial charge in [-0.2, -0.15) is 0 Å². The van der Waals surface area contributed by atoms with E-state index in [1.165, 1.54) is 11.3 Å². The Hall–Kier alpha value is -0.910. The van der Waals surface area contributed by atoms with Crippen molar-refractivity contribution in [3.8, 4) is 0 Å². The van der Waals surface area contributed by atoms with Crippen molar-refractivity contribution < 1.29 is 14.6 Å². The highest BCUT2D eigenvalue weighted by Crippen LogP contribution is 2.24. The minimum absolute atomic E-state index is 0.184. The normalized spacial score (nSPS) is 16.2. The molecule has 1 amide bonds. The molecular weight excluding hydrogens is 238 g/mol. The van der Waals surface area contributed by atoms with Gasteiger partial charge >= 0.3 is 0 Å². The van der Waals surface area contributed by atoms with Crippen molar-refractivity contribution in [2.24, 2.45) is 0 Å². The van der Waals surface area contributed by atoms with Crippen molar-refractivity contribution in [2.45, 2.75) is 32.5 Å². The molecule has 0 saturated carbocycles. The van der Waals surface area contributed by atoms with Crippen LogP contribution in [-0.4, -0.2) is 30.3 Å². The number of nitrogens with one attached hydrogen (secondary N) is 1. The summed E-state index contributed by atoms with van der Waals surface area (Å²) in [5.41, 5.74) is -1.03. The molecule has 0 aliphatic heterocycles. The van der Waals surface area contributed by atoms with Crippen LogP contribution in [0.5, 0.6) is 0 Å². The predicted octanol–water partition coefficient (Wildman–Crippen LogP) is 1.50. The fourth-order valence-electron chi connectivity index (χ4n) is 1.40. The molecule has 17 heavy (non-hydrogen) atoms. The second-order valence-corrected chi connectivity index (χ2v) is 5.01. The summed E-state index contributed by atoms with van der Waals surface area (Å²) in [7, 11) is 0. The summed E-state index contributed by atoms with van der Waals surface area (Å²) in [6, 6.07) is 3.72. The minimum Gasteiger partial charge on any atom is -0.383 e. The molecule has 5 heteroatoms. The summed E-state index contributed by atoms with van der Waals surface area (Å²) in [5, 5.41) is 14.8. The Morgan fingerprint density at radius 3 is 2.94 bits per heavy atom. The highest BCUT2D eigenvalue weighted by molar-refractivity contribution is 7.10. The first-order valence-corrected chi connectivity index (χ1v) is 6.51. The number of aliphatic hydroxyl groups is 1. The summed E-state index contributed by atoms with van der Waals surface area (Å²) in [6.45, 7) is 5.90. The molecular formula is C12H19NO3S. The molecule has 1 aromatic rings. The number of carbonyl (C=O) groups is 1. The van der Waals surface area contributed by atoms with Crippen LogP contribution >= 0.6 is 11.3 Å². The fraction of sp³-hybridized carbons (Fsp3) is 0.583.